The van der Waals surface area contributed by atoms with E-state index >= 15 is 0 Å². The van der Waals surface area contributed by atoms with Crippen molar-refractivity contribution in [2.75, 3.05) is 19.7 Å². The summed E-state index contributed by atoms with van der Waals surface area (Å²) >= 11 is 0. The molecule has 1 atom stereocenters. The third kappa shape index (κ3) is 4.64. The molecule has 184 valence electrons. The molecule has 2 fully saturated rings. The fourth-order valence-corrected chi connectivity index (χ4v) is 5.60. The number of carbonyl (C=O) groups excluding carboxylic acids is 2. The van der Waals surface area contributed by atoms with Crippen molar-refractivity contribution in [2.45, 2.75) is 56.9 Å². The first kappa shape index (κ1) is 23.4. The number of carboxylic acids is 1. The Morgan fingerprint density at radius 2 is 1.57 bits per heavy atom. The highest BCUT2D eigenvalue weighted by Crippen LogP contribution is 2.48. The van der Waals surface area contributed by atoms with Crippen LogP contribution in [0.4, 0.5) is 4.79 Å². The Balaban J connectivity index is 1.20. The number of hydrogen-bond acceptors (Lipinski definition) is 4. The van der Waals surface area contributed by atoms with Crippen molar-refractivity contribution in [2.24, 2.45) is 5.41 Å². The number of benzene rings is 2. The Kier molecular flexibility index (Phi) is 6.50. The summed E-state index contributed by atoms with van der Waals surface area (Å²) in [5.41, 5.74) is 3.92. The first-order chi connectivity index (χ1) is 17.0. The van der Waals surface area contributed by atoms with Crippen molar-refractivity contribution >= 4 is 18.0 Å². The van der Waals surface area contributed by atoms with Gasteiger partial charge in [0.25, 0.3) is 0 Å². The quantitative estimate of drug-likeness (QED) is 0.638. The molecule has 3 aliphatic rings. The maximum absolute atomic E-state index is 13.4. The molecule has 1 saturated carbocycles. The predicted octanol–water partition coefficient (Wildman–Crippen LogP) is 4.55. The summed E-state index contributed by atoms with van der Waals surface area (Å²) in [6, 6.07) is 15.6. The molecule has 1 saturated heterocycles. The number of nitrogens with one attached hydrogen (secondary N) is 1. The van der Waals surface area contributed by atoms with E-state index in [2.05, 4.69) is 29.6 Å². The lowest BCUT2D eigenvalue weighted by Crippen LogP contribution is -2.51. The number of nitrogens with zero attached hydrogens (tertiary/aromatic N) is 1. The molecule has 2 amide bonds. The van der Waals surface area contributed by atoms with E-state index in [9.17, 15) is 19.5 Å². The van der Waals surface area contributed by atoms with Crippen LogP contribution in [0.1, 0.15) is 62.0 Å². The Morgan fingerprint density at radius 1 is 0.943 bits per heavy atom. The number of aliphatic carboxylic acids is 1. The number of rotatable bonds is 6. The smallest absolute Gasteiger partial charge is 0.407 e. The van der Waals surface area contributed by atoms with Gasteiger partial charge in [-0.3, -0.25) is 4.79 Å². The van der Waals surface area contributed by atoms with Gasteiger partial charge in [0.2, 0.25) is 5.91 Å². The van der Waals surface area contributed by atoms with E-state index in [-0.39, 0.29) is 25.0 Å². The lowest BCUT2D eigenvalue weighted by atomic mass is 9.98. The minimum Gasteiger partial charge on any atom is -0.480 e. The largest absolute Gasteiger partial charge is 0.480 e. The maximum Gasteiger partial charge on any atom is 0.407 e. The van der Waals surface area contributed by atoms with Crippen LogP contribution in [0.25, 0.3) is 11.1 Å². The van der Waals surface area contributed by atoms with Gasteiger partial charge in [-0.05, 0) is 47.9 Å². The fourth-order valence-electron chi connectivity index (χ4n) is 5.60. The van der Waals surface area contributed by atoms with Gasteiger partial charge in [0, 0.05) is 19.0 Å². The molecule has 2 N–H and O–H groups in total. The van der Waals surface area contributed by atoms with Gasteiger partial charge in [0.1, 0.15) is 12.6 Å². The van der Waals surface area contributed by atoms with E-state index in [1.54, 1.807) is 4.90 Å². The zero-order valence-corrected chi connectivity index (χ0v) is 19.9. The molecule has 7 heteroatoms. The highest BCUT2D eigenvalue weighted by molar-refractivity contribution is 5.90. The highest BCUT2D eigenvalue weighted by Gasteiger charge is 2.53. The van der Waals surface area contributed by atoms with Gasteiger partial charge < -0.3 is 20.1 Å². The van der Waals surface area contributed by atoms with Crippen molar-refractivity contribution in [1.29, 1.82) is 0 Å². The molecular weight excluding hydrogens is 444 g/mol. The van der Waals surface area contributed by atoms with Gasteiger partial charge in [-0.1, -0.05) is 67.8 Å². The molecule has 1 unspecified atom stereocenters. The first-order valence-corrected chi connectivity index (χ1v) is 12.6. The zero-order chi connectivity index (χ0) is 24.4. The summed E-state index contributed by atoms with van der Waals surface area (Å²) in [6.07, 6.45) is 4.86. The lowest BCUT2D eigenvalue weighted by Gasteiger charge is -2.34. The van der Waals surface area contributed by atoms with Gasteiger partial charge in [-0.25, -0.2) is 9.59 Å². The number of hydrogen-bond donors (Lipinski definition) is 2. The van der Waals surface area contributed by atoms with Crippen LogP contribution in [0.3, 0.4) is 0 Å². The second kappa shape index (κ2) is 9.72. The van der Waals surface area contributed by atoms with Crippen LogP contribution in [0.5, 0.6) is 0 Å². The third-order valence-corrected chi connectivity index (χ3v) is 7.77. The summed E-state index contributed by atoms with van der Waals surface area (Å²) in [6.45, 7) is 0.849. The molecule has 5 rings (SSSR count). The van der Waals surface area contributed by atoms with Gasteiger partial charge >= 0.3 is 12.1 Å². The van der Waals surface area contributed by atoms with Crippen LogP contribution in [0.15, 0.2) is 48.5 Å². The van der Waals surface area contributed by atoms with E-state index in [4.69, 9.17) is 4.74 Å². The molecule has 0 bridgehead atoms. The number of carboxylic acid groups (broad SMARTS) is 1. The lowest BCUT2D eigenvalue weighted by molar-refractivity contribution is -0.153. The van der Waals surface area contributed by atoms with Crippen molar-refractivity contribution in [3.05, 3.63) is 59.7 Å². The number of amides is 2. The number of fused-ring (bicyclic) bond motifs is 3. The molecule has 1 aliphatic heterocycles. The molecule has 2 aliphatic carbocycles. The standard InChI is InChI=1S/C28H32N2O5/c31-25(32)24-13-3-1-2-8-16-30(24)26(33)28(14-15-28)18-29-27(34)35-17-23-21-11-6-4-9-19(21)20-10-5-7-12-22(20)23/h4-7,9-12,23-24H,1-3,8,13-18H2,(H,29,34)(H,31,32). The molecule has 7 nitrogen and oxygen atoms in total. The van der Waals surface area contributed by atoms with E-state index in [1.165, 1.54) is 11.1 Å². The summed E-state index contributed by atoms with van der Waals surface area (Å²) in [7, 11) is 0. The molecular formula is C28H32N2O5. The second-order valence-corrected chi connectivity index (χ2v) is 10.0. The van der Waals surface area contributed by atoms with E-state index in [0.717, 1.165) is 36.8 Å². The first-order valence-electron chi connectivity index (χ1n) is 12.6. The Bertz CT molecular complexity index is 1080. The van der Waals surface area contributed by atoms with E-state index in [0.29, 0.717) is 25.8 Å². The van der Waals surface area contributed by atoms with Crippen molar-refractivity contribution in [3.8, 4) is 11.1 Å². The van der Waals surface area contributed by atoms with Crippen molar-refractivity contribution < 1.29 is 24.2 Å². The van der Waals surface area contributed by atoms with E-state index in [1.807, 2.05) is 24.3 Å². The van der Waals surface area contributed by atoms with Crippen LogP contribution in [0, 0.1) is 5.41 Å². The second-order valence-electron chi connectivity index (χ2n) is 10.0. The average molecular weight is 477 g/mol. The van der Waals surface area contributed by atoms with Crippen LogP contribution < -0.4 is 5.32 Å². The minimum absolute atomic E-state index is 0.0259. The Labute approximate surface area is 205 Å². The molecule has 35 heavy (non-hydrogen) atoms. The predicted molar refractivity (Wildman–Crippen MR) is 131 cm³/mol. The molecule has 0 spiro atoms. The van der Waals surface area contributed by atoms with Crippen LogP contribution in [-0.2, 0) is 14.3 Å². The van der Waals surface area contributed by atoms with E-state index < -0.39 is 23.5 Å². The summed E-state index contributed by atoms with van der Waals surface area (Å²) in [5, 5.41) is 12.5. The monoisotopic (exact) mass is 476 g/mol. The third-order valence-electron chi connectivity index (χ3n) is 7.77. The van der Waals surface area contributed by atoms with Crippen molar-refractivity contribution in [3.63, 3.8) is 0 Å². The molecule has 0 aromatic heterocycles. The number of alkyl carbamates (subject to hydrolysis) is 1. The number of ether oxygens (including phenoxy) is 1. The normalized spacial score (nSPS) is 20.7. The molecule has 2 aromatic carbocycles. The highest BCUT2D eigenvalue weighted by atomic mass is 16.5. The minimum atomic E-state index is -0.944. The molecule has 1 heterocycles. The topological polar surface area (TPSA) is 95.9 Å². The summed E-state index contributed by atoms with van der Waals surface area (Å²) in [4.78, 5) is 39.4. The molecule has 2 aromatic rings. The zero-order valence-electron chi connectivity index (χ0n) is 19.9. The average Bonchev–Trinajstić information content (AvgIpc) is 3.57. The fraction of sp³-hybridized carbons (Fsp3) is 0.464. The van der Waals surface area contributed by atoms with Gasteiger partial charge in [0.05, 0.1) is 5.41 Å². The van der Waals surface area contributed by atoms with Crippen LogP contribution in [-0.4, -0.2) is 53.7 Å². The number of carbonyl (C=O) groups is 3. The molecule has 0 radical (unpaired) electrons. The SMILES string of the molecule is O=C(NCC1(C(=O)N2CCCCCCC2C(=O)O)CC1)OCC1c2ccccc2-c2ccccc21. The van der Waals surface area contributed by atoms with Crippen LogP contribution >= 0.6 is 0 Å². The van der Waals surface area contributed by atoms with Gasteiger partial charge in [-0.2, -0.15) is 0 Å². The summed E-state index contributed by atoms with van der Waals surface area (Å²) in [5.74, 6) is -1.12. The maximum atomic E-state index is 13.4. The van der Waals surface area contributed by atoms with Gasteiger partial charge in [-0.15, -0.1) is 0 Å². The Hall–Kier alpha value is -3.35. The van der Waals surface area contributed by atoms with Gasteiger partial charge in [0.15, 0.2) is 0 Å². The summed E-state index contributed by atoms with van der Waals surface area (Å²) < 4.78 is 5.61. The number of likely N-dealkylation sites (tertiary alicyclic amines) is 1. The van der Waals surface area contributed by atoms with Crippen molar-refractivity contribution in [1.82, 2.24) is 10.2 Å². The van der Waals surface area contributed by atoms with Crippen LogP contribution in [0.2, 0.25) is 0 Å². The Morgan fingerprint density at radius 3 is 2.20 bits per heavy atom.